The predicted octanol–water partition coefficient (Wildman–Crippen LogP) is 5.10. The summed E-state index contributed by atoms with van der Waals surface area (Å²) in [5.74, 6) is 0. The van der Waals surface area contributed by atoms with E-state index in [1.54, 1.807) is 0 Å². The maximum absolute atomic E-state index is 3.59. The fourth-order valence-electron chi connectivity index (χ4n) is 2.29. The molecule has 2 heteroatoms. The van der Waals surface area contributed by atoms with Crippen LogP contribution in [-0.2, 0) is 6.42 Å². The molecular weight excluding hydrogens is 238 g/mol. The number of hydrogen-bond donors (Lipinski definition) is 1. The molecule has 0 saturated carbocycles. The molecule has 0 spiro atoms. The molecule has 1 heterocycles. The smallest absolute Gasteiger partial charge is 0.0496 e. The zero-order chi connectivity index (χ0) is 13.1. The highest BCUT2D eigenvalue weighted by molar-refractivity contribution is 7.12. The van der Waals surface area contributed by atoms with Crippen LogP contribution in [0.1, 0.15) is 40.8 Å². The Morgan fingerprint density at radius 2 is 2.00 bits per heavy atom. The SMILES string of the molecule is CCc1cccc(NC(C)c2cc(C)sc2C)c1. The normalized spacial score (nSPS) is 12.4. The van der Waals surface area contributed by atoms with Gasteiger partial charge in [-0.1, -0.05) is 19.1 Å². The van der Waals surface area contributed by atoms with Crippen molar-refractivity contribution in [1.29, 1.82) is 0 Å². The Hall–Kier alpha value is -1.28. The molecule has 1 aromatic carbocycles. The molecule has 0 amide bonds. The summed E-state index contributed by atoms with van der Waals surface area (Å²) < 4.78 is 0. The van der Waals surface area contributed by atoms with E-state index in [0.717, 1.165) is 6.42 Å². The average molecular weight is 259 g/mol. The minimum atomic E-state index is 0.363. The number of aryl methyl sites for hydroxylation is 3. The first-order valence-electron chi connectivity index (χ1n) is 6.52. The molecule has 1 N–H and O–H groups in total. The highest BCUT2D eigenvalue weighted by atomic mass is 32.1. The second-order valence-electron chi connectivity index (χ2n) is 4.79. The molecule has 0 bridgehead atoms. The highest BCUT2D eigenvalue weighted by Crippen LogP contribution is 2.28. The van der Waals surface area contributed by atoms with Crippen LogP contribution in [-0.4, -0.2) is 0 Å². The van der Waals surface area contributed by atoms with Crippen molar-refractivity contribution in [3.8, 4) is 0 Å². The van der Waals surface area contributed by atoms with Crippen molar-refractivity contribution in [2.45, 2.75) is 40.2 Å². The molecule has 0 aliphatic rings. The zero-order valence-electron chi connectivity index (χ0n) is 11.6. The van der Waals surface area contributed by atoms with Gasteiger partial charge in [-0.15, -0.1) is 11.3 Å². The van der Waals surface area contributed by atoms with Crippen molar-refractivity contribution in [2.75, 3.05) is 5.32 Å². The van der Waals surface area contributed by atoms with Crippen LogP contribution in [0.5, 0.6) is 0 Å². The second kappa shape index (κ2) is 5.57. The Morgan fingerprint density at radius 3 is 2.61 bits per heavy atom. The van der Waals surface area contributed by atoms with Crippen molar-refractivity contribution in [3.63, 3.8) is 0 Å². The lowest BCUT2D eigenvalue weighted by Crippen LogP contribution is -2.06. The molecule has 2 rings (SSSR count). The van der Waals surface area contributed by atoms with Crippen molar-refractivity contribution in [1.82, 2.24) is 0 Å². The summed E-state index contributed by atoms with van der Waals surface area (Å²) in [5, 5.41) is 3.59. The van der Waals surface area contributed by atoms with Crippen molar-refractivity contribution in [3.05, 3.63) is 51.2 Å². The van der Waals surface area contributed by atoms with Gasteiger partial charge in [-0.2, -0.15) is 0 Å². The van der Waals surface area contributed by atoms with Crippen LogP contribution in [0.15, 0.2) is 30.3 Å². The molecule has 96 valence electrons. The standard InChI is InChI=1S/C16H21NS/c1-5-14-7-6-8-15(10-14)17-12(3)16-9-11(2)18-13(16)4/h6-10,12,17H,5H2,1-4H3. The lowest BCUT2D eigenvalue weighted by Gasteiger charge is -2.16. The summed E-state index contributed by atoms with van der Waals surface area (Å²) in [4.78, 5) is 2.80. The van der Waals surface area contributed by atoms with Crippen molar-refractivity contribution in [2.24, 2.45) is 0 Å². The number of nitrogens with one attached hydrogen (secondary N) is 1. The molecular formula is C16H21NS. The number of hydrogen-bond acceptors (Lipinski definition) is 2. The summed E-state index contributed by atoms with van der Waals surface area (Å²) >= 11 is 1.88. The Morgan fingerprint density at radius 1 is 1.22 bits per heavy atom. The van der Waals surface area contributed by atoms with Gasteiger partial charge in [0.1, 0.15) is 0 Å². The monoisotopic (exact) mass is 259 g/mol. The summed E-state index contributed by atoms with van der Waals surface area (Å²) in [7, 11) is 0. The average Bonchev–Trinajstić information content (AvgIpc) is 2.69. The molecule has 0 aliphatic heterocycles. The van der Waals surface area contributed by atoms with Crippen LogP contribution in [0.25, 0.3) is 0 Å². The highest BCUT2D eigenvalue weighted by Gasteiger charge is 2.11. The summed E-state index contributed by atoms with van der Waals surface area (Å²) in [5.41, 5.74) is 4.01. The van der Waals surface area contributed by atoms with E-state index in [0.29, 0.717) is 6.04 Å². The van der Waals surface area contributed by atoms with E-state index >= 15 is 0 Å². The van der Waals surface area contributed by atoms with Crippen molar-refractivity contribution < 1.29 is 0 Å². The van der Waals surface area contributed by atoms with Gasteiger partial charge < -0.3 is 5.32 Å². The maximum Gasteiger partial charge on any atom is 0.0496 e. The molecule has 1 unspecified atom stereocenters. The van der Waals surface area contributed by atoms with E-state index in [4.69, 9.17) is 0 Å². The van der Waals surface area contributed by atoms with Crippen LogP contribution >= 0.6 is 11.3 Å². The van der Waals surface area contributed by atoms with Crippen molar-refractivity contribution >= 4 is 17.0 Å². The molecule has 1 nitrogen and oxygen atoms in total. The van der Waals surface area contributed by atoms with Gasteiger partial charge in [-0.3, -0.25) is 0 Å². The van der Waals surface area contributed by atoms with E-state index in [2.05, 4.69) is 63.3 Å². The Kier molecular flexibility index (Phi) is 4.07. The van der Waals surface area contributed by atoms with Gasteiger partial charge >= 0.3 is 0 Å². The summed E-state index contributed by atoms with van der Waals surface area (Å²) in [6.07, 6.45) is 1.08. The van der Waals surface area contributed by atoms with Gasteiger partial charge in [-0.25, -0.2) is 0 Å². The first-order chi connectivity index (χ1) is 8.60. The largest absolute Gasteiger partial charge is 0.378 e. The lowest BCUT2D eigenvalue weighted by molar-refractivity contribution is 0.881. The molecule has 1 atom stereocenters. The van der Waals surface area contributed by atoms with Gasteiger partial charge in [0.25, 0.3) is 0 Å². The first-order valence-corrected chi connectivity index (χ1v) is 7.34. The topological polar surface area (TPSA) is 12.0 Å². The fraction of sp³-hybridized carbons (Fsp3) is 0.375. The Balaban J connectivity index is 2.15. The zero-order valence-corrected chi connectivity index (χ0v) is 12.4. The van der Waals surface area contributed by atoms with Crippen LogP contribution < -0.4 is 5.32 Å². The van der Waals surface area contributed by atoms with Gasteiger partial charge in [-0.05, 0) is 56.5 Å². The number of rotatable bonds is 4. The van der Waals surface area contributed by atoms with Crippen LogP contribution in [0.3, 0.4) is 0 Å². The second-order valence-corrected chi connectivity index (χ2v) is 6.25. The molecule has 0 fully saturated rings. The van der Waals surface area contributed by atoms with E-state index in [1.165, 1.54) is 26.6 Å². The third-order valence-electron chi connectivity index (χ3n) is 3.26. The molecule has 18 heavy (non-hydrogen) atoms. The Labute approximate surface area is 114 Å². The van der Waals surface area contributed by atoms with Gasteiger partial charge in [0.2, 0.25) is 0 Å². The number of thiophene rings is 1. The molecule has 0 radical (unpaired) electrons. The van der Waals surface area contributed by atoms with Crippen LogP contribution in [0.2, 0.25) is 0 Å². The maximum atomic E-state index is 3.59. The molecule has 0 aliphatic carbocycles. The van der Waals surface area contributed by atoms with Crippen LogP contribution in [0, 0.1) is 13.8 Å². The predicted molar refractivity (Wildman–Crippen MR) is 81.7 cm³/mol. The third kappa shape index (κ3) is 2.94. The van der Waals surface area contributed by atoms with E-state index in [1.807, 2.05) is 11.3 Å². The molecule has 2 aromatic rings. The van der Waals surface area contributed by atoms with Gasteiger partial charge in [0.05, 0.1) is 0 Å². The van der Waals surface area contributed by atoms with Gasteiger partial charge in [0, 0.05) is 21.5 Å². The van der Waals surface area contributed by atoms with Crippen LogP contribution in [0.4, 0.5) is 5.69 Å². The quantitative estimate of drug-likeness (QED) is 0.805. The van der Waals surface area contributed by atoms with E-state index < -0.39 is 0 Å². The number of anilines is 1. The fourth-order valence-corrected chi connectivity index (χ4v) is 3.31. The lowest BCUT2D eigenvalue weighted by atomic mass is 10.1. The molecule has 0 saturated heterocycles. The summed E-state index contributed by atoms with van der Waals surface area (Å²) in [6, 6.07) is 11.3. The van der Waals surface area contributed by atoms with Gasteiger partial charge in [0.15, 0.2) is 0 Å². The molecule has 1 aromatic heterocycles. The van der Waals surface area contributed by atoms with E-state index in [9.17, 15) is 0 Å². The van der Waals surface area contributed by atoms with E-state index in [-0.39, 0.29) is 0 Å². The first kappa shape index (κ1) is 13.2. The minimum absolute atomic E-state index is 0.363. The minimum Gasteiger partial charge on any atom is -0.378 e. The summed E-state index contributed by atoms with van der Waals surface area (Å²) in [6.45, 7) is 8.79. The third-order valence-corrected chi connectivity index (χ3v) is 4.25. The number of benzene rings is 1. The Bertz CT molecular complexity index is 528.